The summed E-state index contributed by atoms with van der Waals surface area (Å²) in [6, 6.07) is 19.4. The number of piperidine rings is 1. The highest BCUT2D eigenvalue weighted by Crippen LogP contribution is 2.22. The van der Waals surface area contributed by atoms with Crippen molar-refractivity contribution in [3.05, 3.63) is 84.4 Å². The van der Waals surface area contributed by atoms with Gasteiger partial charge in [-0.1, -0.05) is 48.5 Å². The molecule has 0 saturated carbocycles. The highest BCUT2D eigenvalue weighted by molar-refractivity contribution is 5.94. The van der Waals surface area contributed by atoms with Gasteiger partial charge < -0.3 is 10.2 Å². The molecule has 2 aromatic heterocycles. The number of aromatic nitrogens is 5. The van der Waals surface area contributed by atoms with Gasteiger partial charge in [0.05, 0.1) is 17.4 Å². The second kappa shape index (κ2) is 9.30. The summed E-state index contributed by atoms with van der Waals surface area (Å²) in [4.78, 5) is 32.1. The number of hydrogen-bond donors (Lipinski definition) is 1. The van der Waals surface area contributed by atoms with Crippen molar-refractivity contribution >= 4 is 11.8 Å². The molecular weight excluding hydrogens is 430 g/mol. The normalized spacial score (nSPS) is 14.2. The number of hydrogen-bond acceptors (Lipinski definition) is 5. The van der Waals surface area contributed by atoms with E-state index in [2.05, 4.69) is 20.5 Å². The number of nitrogens with one attached hydrogen (secondary N) is 1. The zero-order valence-electron chi connectivity index (χ0n) is 18.8. The van der Waals surface area contributed by atoms with Gasteiger partial charge >= 0.3 is 0 Å². The monoisotopic (exact) mass is 455 g/mol. The molecule has 34 heavy (non-hydrogen) atoms. The summed E-state index contributed by atoms with van der Waals surface area (Å²) in [5.74, 6) is 0.437. The van der Waals surface area contributed by atoms with Gasteiger partial charge in [0.1, 0.15) is 0 Å². The summed E-state index contributed by atoms with van der Waals surface area (Å²) in [6.45, 7) is 1.05. The summed E-state index contributed by atoms with van der Waals surface area (Å²) in [7, 11) is 1.78. The highest BCUT2D eigenvalue weighted by Gasteiger charge is 2.28. The van der Waals surface area contributed by atoms with Crippen LogP contribution in [-0.4, -0.2) is 60.4 Å². The molecule has 2 aromatic carbocycles. The number of para-hydroxylation sites is 1. The lowest BCUT2D eigenvalue weighted by molar-refractivity contribution is 0.0686. The van der Waals surface area contributed by atoms with Crippen LogP contribution in [0.2, 0.25) is 0 Å². The standard InChI is InChI=1S/C25H25N7O2/c1-30-17-19(16-26-30)24(33)27-20-12-14-31(15-13-20)25(34)22-28-23(18-8-4-2-5-9-18)32(29-22)21-10-6-3-7-11-21/h2-11,16-17,20H,12-15H2,1H3,(H,27,33). The number of rotatable bonds is 5. The van der Waals surface area contributed by atoms with Crippen LogP contribution in [0.25, 0.3) is 17.1 Å². The van der Waals surface area contributed by atoms with E-state index >= 15 is 0 Å². The van der Waals surface area contributed by atoms with E-state index in [-0.39, 0.29) is 23.7 Å². The minimum atomic E-state index is -0.205. The zero-order valence-corrected chi connectivity index (χ0v) is 18.8. The average molecular weight is 456 g/mol. The van der Waals surface area contributed by atoms with E-state index in [9.17, 15) is 9.59 Å². The summed E-state index contributed by atoms with van der Waals surface area (Å²) in [5.41, 5.74) is 2.25. The van der Waals surface area contributed by atoms with Gasteiger partial charge in [-0.15, -0.1) is 5.10 Å². The Balaban J connectivity index is 1.30. The van der Waals surface area contributed by atoms with Crippen LogP contribution < -0.4 is 5.32 Å². The Bertz CT molecular complexity index is 1230. The molecule has 0 spiro atoms. The molecule has 2 amide bonds. The first-order valence-corrected chi connectivity index (χ1v) is 11.2. The first-order valence-electron chi connectivity index (χ1n) is 11.2. The molecule has 9 nitrogen and oxygen atoms in total. The molecule has 1 saturated heterocycles. The minimum absolute atomic E-state index is 0.00599. The summed E-state index contributed by atoms with van der Waals surface area (Å²) in [5, 5.41) is 11.7. The Hall–Kier alpha value is -4.27. The quantitative estimate of drug-likeness (QED) is 0.499. The Kier molecular flexibility index (Phi) is 5.90. The van der Waals surface area contributed by atoms with Crippen LogP contribution in [0, 0.1) is 0 Å². The molecule has 0 bridgehead atoms. The maximum absolute atomic E-state index is 13.3. The maximum atomic E-state index is 13.3. The number of nitrogens with zero attached hydrogens (tertiary/aromatic N) is 6. The van der Waals surface area contributed by atoms with Crippen LogP contribution in [0.3, 0.4) is 0 Å². The molecule has 0 radical (unpaired) electrons. The fourth-order valence-corrected chi connectivity index (χ4v) is 4.10. The van der Waals surface area contributed by atoms with Gasteiger partial charge in [-0.05, 0) is 25.0 Å². The van der Waals surface area contributed by atoms with Gasteiger partial charge in [-0.2, -0.15) is 5.10 Å². The molecule has 4 aromatic rings. The zero-order chi connectivity index (χ0) is 23.5. The molecule has 5 rings (SSSR count). The molecule has 0 unspecified atom stereocenters. The van der Waals surface area contributed by atoms with Crippen molar-refractivity contribution in [1.82, 2.24) is 34.8 Å². The third kappa shape index (κ3) is 4.45. The Morgan fingerprint density at radius 3 is 2.29 bits per heavy atom. The lowest BCUT2D eigenvalue weighted by Crippen LogP contribution is -2.46. The molecule has 1 aliphatic heterocycles. The lowest BCUT2D eigenvalue weighted by Gasteiger charge is -2.31. The van der Waals surface area contributed by atoms with E-state index < -0.39 is 0 Å². The predicted molar refractivity (Wildman–Crippen MR) is 126 cm³/mol. The van der Waals surface area contributed by atoms with E-state index in [1.54, 1.807) is 33.7 Å². The van der Waals surface area contributed by atoms with E-state index in [4.69, 9.17) is 0 Å². The number of carbonyl (C=O) groups is 2. The molecule has 1 fully saturated rings. The van der Waals surface area contributed by atoms with E-state index in [1.807, 2.05) is 60.7 Å². The summed E-state index contributed by atoms with van der Waals surface area (Å²) in [6.07, 6.45) is 4.57. The highest BCUT2D eigenvalue weighted by atomic mass is 16.2. The average Bonchev–Trinajstić information content (AvgIpc) is 3.52. The molecule has 0 atom stereocenters. The van der Waals surface area contributed by atoms with Gasteiger partial charge in [0.15, 0.2) is 5.82 Å². The van der Waals surface area contributed by atoms with Crippen molar-refractivity contribution in [1.29, 1.82) is 0 Å². The van der Waals surface area contributed by atoms with Gasteiger partial charge in [0, 0.05) is 37.9 Å². The number of benzene rings is 2. The fourth-order valence-electron chi connectivity index (χ4n) is 4.10. The van der Waals surface area contributed by atoms with Crippen molar-refractivity contribution in [2.75, 3.05) is 13.1 Å². The Morgan fingerprint density at radius 1 is 0.971 bits per heavy atom. The predicted octanol–water partition coefficient (Wildman–Crippen LogP) is 2.70. The second-order valence-electron chi connectivity index (χ2n) is 8.32. The lowest BCUT2D eigenvalue weighted by atomic mass is 10.0. The molecule has 1 N–H and O–H groups in total. The first-order chi connectivity index (χ1) is 16.6. The minimum Gasteiger partial charge on any atom is -0.349 e. The Morgan fingerprint density at radius 2 is 1.65 bits per heavy atom. The number of carbonyl (C=O) groups excluding carboxylic acids is 2. The van der Waals surface area contributed by atoms with Crippen molar-refractivity contribution in [2.24, 2.45) is 7.05 Å². The molecule has 3 heterocycles. The first kappa shape index (κ1) is 21.6. The van der Waals surface area contributed by atoms with Crippen molar-refractivity contribution in [3.8, 4) is 17.1 Å². The van der Waals surface area contributed by atoms with Gasteiger partial charge in [-0.25, -0.2) is 9.67 Å². The molecular formula is C25H25N7O2. The van der Waals surface area contributed by atoms with Gasteiger partial charge in [0.25, 0.3) is 11.8 Å². The second-order valence-corrected chi connectivity index (χ2v) is 8.32. The Labute approximate surface area is 197 Å². The van der Waals surface area contributed by atoms with Crippen LogP contribution in [0.4, 0.5) is 0 Å². The maximum Gasteiger partial charge on any atom is 0.293 e. The summed E-state index contributed by atoms with van der Waals surface area (Å²) < 4.78 is 3.31. The SMILES string of the molecule is Cn1cc(C(=O)NC2CCN(C(=O)c3nc(-c4ccccc4)n(-c4ccccc4)n3)CC2)cn1. The number of likely N-dealkylation sites (tertiary alicyclic amines) is 1. The van der Waals surface area contributed by atoms with Crippen LogP contribution in [0.1, 0.15) is 33.8 Å². The van der Waals surface area contributed by atoms with Crippen LogP contribution in [-0.2, 0) is 7.05 Å². The van der Waals surface area contributed by atoms with Gasteiger partial charge in [-0.3, -0.25) is 14.3 Å². The van der Waals surface area contributed by atoms with Crippen molar-refractivity contribution in [3.63, 3.8) is 0 Å². The molecule has 1 aliphatic rings. The van der Waals surface area contributed by atoms with Crippen LogP contribution in [0.5, 0.6) is 0 Å². The molecule has 0 aliphatic carbocycles. The van der Waals surface area contributed by atoms with Crippen molar-refractivity contribution < 1.29 is 9.59 Å². The molecule has 172 valence electrons. The van der Waals surface area contributed by atoms with Crippen LogP contribution in [0.15, 0.2) is 73.1 Å². The summed E-state index contributed by atoms with van der Waals surface area (Å²) >= 11 is 0. The topological polar surface area (TPSA) is 97.9 Å². The number of amides is 2. The third-order valence-corrected chi connectivity index (χ3v) is 5.92. The van der Waals surface area contributed by atoms with E-state index in [0.717, 1.165) is 11.3 Å². The van der Waals surface area contributed by atoms with E-state index in [1.165, 1.54) is 0 Å². The van der Waals surface area contributed by atoms with E-state index in [0.29, 0.717) is 37.3 Å². The van der Waals surface area contributed by atoms with Gasteiger partial charge in [0.2, 0.25) is 5.82 Å². The largest absolute Gasteiger partial charge is 0.349 e. The fraction of sp³-hybridized carbons (Fsp3) is 0.240. The van der Waals surface area contributed by atoms with Crippen LogP contribution >= 0.6 is 0 Å². The van der Waals surface area contributed by atoms with Crippen molar-refractivity contribution in [2.45, 2.75) is 18.9 Å². The third-order valence-electron chi connectivity index (χ3n) is 5.92. The molecule has 9 heteroatoms. The number of aryl methyl sites for hydroxylation is 1. The smallest absolute Gasteiger partial charge is 0.293 e.